The predicted molar refractivity (Wildman–Crippen MR) is 92.7 cm³/mol. The standard InChI is InChI=1S/C19H38N2/c1-15(2)21-14-17(13-19(21,6)7)10-9-16(3)20-12-8-11-18(20,4)5/h15-17H,8-14H2,1-7H3/t16?,17-/m0/s1. The molecule has 0 radical (unpaired) electrons. The van der Waals surface area contributed by atoms with Crippen molar-refractivity contribution >= 4 is 0 Å². The van der Waals surface area contributed by atoms with Crippen LogP contribution >= 0.6 is 0 Å². The van der Waals surface area contributed by atoms with Crippen LogP contribution in [-0.4, -0.2) is 46.1 Å². The topological polar surface area (TPSA) is 6.48 Å². The van der Waals surface area contributed by atoms with Crippen LogP contribution in [0.2, 0.25) is 0 Å². The summed E-state index contributed by atoms with van der Waals surface area (Å²) in [6, 6.07) is 1.43. The summed E-state index contributed by atoms with van der Waals surface area (Å²) < 4.78 is 0. The lowest BCUT2D eigenvalue weighted by Crippen LogP contribution is -2.44. The molecule has 1 unspecified atom stereocenters. The number of hydrogen-bond donors (Lipinski definition) is 0. The summed E-state index contributed by atoms with van der Waals surface area (Å²) in [4.78, 5) is 5.47. The van der Waals surface area contributed by atoms with Crippen LogP contribution in [0, 0.1) is 5.92 Å². The highest BCUT2D eigenvalue weighted by atomic mass is 15.2. The Labute approximate surface area is 133 Å². The van der Waals surface area contributed by atoms with Gasteiger partial charge in [-0.15, -0.1) is 0 Å². The van der Waals surface area contributed by atoms with Crippen molar-refractivity contribution in [3.63, 3.8) is 0 Å². The fourth-order valence-electron chi connectivity index (χ4n) is 5.09. The molecule has 2 saturated heterocycles. The van der Waals surface area contributed by atoms with Crippen LogP contribution in [0.5, 0.6) is 0 Å². The van der Waals surface area contributed by atoms with Gasteiger partial charge in [0.15, 0.2) is 0 Å². The van der Waals surface area contributed by atoms with Crippen LogP contribution in [-0.2, 0) is 0 Å². The second kappa shape index (κ2) is 6.20. The van der Waals surface area contributed by atoms with Gasteiger partial charge < -0.3 is 0 Å². The molecule has 0 saturated carbocycles. The van der Waals surface area contributed by atoms with E-state index in [-0.39, 0.29) is 0 Å². The minimum Gasteiger partial charge on any atom is -0.296 e. The van der Waals surface area contributed by atoms with Crippen molar-refractivity contribution in [2.45, 2.75) is 104 Å². The lowest BCUT2D eigenvalue weighted by molar-refractivity contribution is 0.114. The third-order valence-corrected chi connectivity index (χ3v) is 6.13. The van der Waals surface area contributed by atoms with E-state index < -0.39 is 0 Å². The molecule has 2 atom stereocenters. The molecular weight excluding hydrogens is 256 g/mol. The first kappa shape index (κ1) is 17.3. The molecule has 21 heavy (non-hydrogen) atoms. The molecule has 2 fully saturated rings. The van der Waals surface area contributed by atoms with E-state index in [4.69, 9.17) is 0 Å². The highest BCUT2D eigenvalue weighted by Gasteiger charge is 2.40. The number of hydrogen-bond acceptors (Lipinski definition) is 2. The second-order valence-corrected chi connectivity index (χ2v) is 9.16. The van der Waals surface area contributed by atoms with Crippen LogP contribution in [0.1, 0.15) is 80.6 Å². The zero-order valence-electron chi connectivity index (χ0n) is 15.6. The maximum absolute atomic E-state index is 2.76. The molecule has 2 rings (SSSR count). The lowest BCUT2D eigenvalue weighted by Gasteiger charge is -2.37. The van der Waals surface area contributed by atoms with Crippen LogP contribution < -0.4 is 0 Å². The minimum absolute atomic E-state index is 0.398. The maximum Gasteiger partial charge on any atom is 0.0159 e. The van der Waals surface area contributed by atoms with E-state index in [0.29, 0.717) is 17.1 Å². The van der Waals surface area contributed by atoms with Crippen molar-refractivity contribution in [2.75, 3.05) is 13.1 Å². The SMILES string of the molecule is CC(C)N1C[C@@H](CCC(C)N2CCCC2(C)C)CC1(C)C. The van der Waals surface area contributed by atoms with Gasteiger partial charge in [-0.05, 0) is 93.0 Å². The fourth-order valence-corrected chi connectivity index (χ4v) is 5.09. The summed E-state index contributed by atoms with van der Waals surface area (Å²) in [6.07, 6.45) is 6.90. The van der Waals surface area contributed by atoms with Gasteiger partial charge in [-0.25, -0.2) is 0 Å². The highest BCUT2D eigenvalue weighted by Crippen LogP contribution is 2.38. The molecule has 0 aliphatic carbocycles. The average Bonchev–Trinajstić information content (AvgIpc) is 2.85. The summed E-state index contributed by atoms with van der Waals surface area (Å²) in [7, 11) is 0. The summed E-state index contributed by atoms with van der Waals surface area (Å²) in [5.41, 5.74) is 0.827. The molecule has 2 nitrogen and oxygen atoms in total. The molecule has 2 aliphatic heterocycles. The molecule has 0 bridgehead atoms. The van der Waals surface area contributed by atoms with E-state index in [1.807, 2.05) is 0 Å². The number of likely N-dealkylation sites (tertiary alicyclic amines) is 2. The first-order chi connectivity index (χ1) is 9.63. The van der Waals surface area contributed by atoms with E-state index >= 15 is 0 Å². The van der Waals surface area contributed by atoms with Crippen molar-refractivity contribution in [3.05, 3.63) is 0 Å². The largest absolute Gasteiger partial charge is 0.296 e. The fraction of sp³-hybridized carbons (Fsp3) is 1.00. The Bertz CT molecular complexity index is 345. The van der Waals surface area contributed by atoms with E-state index in [9.17, 15) is 0 Å². The Morgan fingerprint density at radius 1 is 1.00 bits per heavy atom. The van der Waals surface area contributed by atoms with Crippen LogP contribution in [0.4, 0.5) is 0 Å². The van der Waals surface area contributed by atoms with Gasteiger partial charge in [-0.1, -0.05) is 0 Å². The minimum atomic E-state index is 0.398. The van der Waals surface area contributed by atoms with Gasteiger partial charge in [0.05, 0.1) is 0 Å². The second-order valence-electron chi connectivity index (χ2n) is 9.16. The van der Waals surface area contributed by atoms with Gasteiger partial charge in [0.2, 0.25) is 0 Å². The van der Waals surface area contributed by atoms with Crippen molar-refractivity contribution in [3.8, 4) is 0 Å². The zero-order chi connectivity index (χ0) is 15.8. The van der Waals surface area contributed by atoms with Gasteiger partial charge >= 0.3 is 0 Å². The van der Waals surface area contributed by atoms with Gasteiger partial charge in [-0.3, -0.25) is 9.80 Å². The summed E-state index contributed by atoms with van der Waals surface area (Å²) in [6.45, 7) is 19.5. The van der Waals surface area contributed by atoms with Crippen LogP contribution in [0.15, 0.2) is 0 Å². The lowest BCUT2D eigenvalue weighted by atomic mass is 9.91. The maximum atomic E-state index is 2.76. The monoisotopic (exact) mass is 294 g/mol. The Morgan fingerprint density at radius 3 is 2.14 bits per heavy atom. The first-order valence-electron chi connectivity index (χ1n) is 9.17. The third-order valence-electron chi connectivity index (χ3n) is 6.13. The van der Waals surface area contributed by atoms with Gasteiger partial charge in [0.25, 0.3) is 0 Å². The van der Waals surface area contributed by atoms with Crippen molar-refractivity contribution in [2.24, 2.45) is 5.92 Å². The van der Waals surface area contributed by atoms with Crippen molar-refractivity contribution < 1.29 is 0 Å². The highest BCUT2D eigenvalue weighted by molar-refractivity contribution is 4.95. The average molecular weight is 295 g/mol. The Balaban J connectivity index is 1.84. The molecular formula is C19H38N2. The Hall–Kier alpha value is -0.0800. The van der Waals surface area contributed by atoms with E-state index in [1.54, 1.807) is 0 Å². The smallest absolute Gasteiger partial charge is 0.0159 e. The zero-order valence-corrected chi connectivity index (χ0v) is 15.6. The molecule has 0 aromatic rings. The van der Waals surface area contributed by atoms with Crippen molar-refractivity contribution in [1.29, 1.82) is 0 Å². The first-order valence-corrected chi connectivity index (χ1v) is 9.17. The molecule has 0 aromatic heterocycles. The van der Waals surface area contributed by atoms with Gasteiger partial charge in [0, 0.05) is 29.7 Å². The number of nitrogens with zero attached hydrogens (tertiary/aromatic N) is 2. The quantitative estimate of drug-likeness (QED) is 0.734. The molecule has 0 N–H and O–H groups in total. The van der Waals surface area contributed by atoms with E-state index in [2.05, 4.69) is 58.3 Å². The van der Waals surface area contributed by atoms with Crippen LogP contribution in [0.25, 0.3) is 0 Å². The summed E-state index contributed by atoms with van der Waals surface area (Å²) in [5, 5.41) is 0. The van der Waals surface area contributed by atoms with Crippen LogP contribution in [0.3, 0.4) is 0 Å². The molecule has 0 spiro atoms. The van der Waals surface area contributed by atoms with Gasteiger partial charge in [0.1, 0.15) is 0 Å². The molecule has 124 valence electrons. The molecule has 2 aliphatic rings. The molecule has 0 aromatic carbocycles. The molecule has 2 heterocycles. The van der Waals surface area contributed by atoms with E-state index in [0.717, 1.165) is 12.0 Å². The summed E-state index contributed by atoms with van der Waals surface area (Å²) in [5.74, 6) is 0.899. The normalized spacial score (nSPS) is 31.1. The van der Waals surface area contributed by atoms with Crippen molar-refractivity contribution in [1.82, 2.24) is 9.80 Å². The molecule has 0 amide bonds. The predicted octanol–water partition coefficient (Wildman–Crippen LogP) is 4.54. The van der Waals surface area contributed by atoms with E-state index in [1.165, 1.54) is 45.2 Å². The van der Waals surface area contributed by atoms with Gasteiger partial charge in [-0.2, -0.15) is 0 Å². The molecule has 2 heteroatoms. The number of rotatable bonds is 5. The Kier molecular flexibility index (Phi) is 5.10. The third kappa shape index (κ3) is 3.82. The summed E-state index contributed by atoms with van der Waals surface area (Å²) >= 11 is 0. The Morgan fingerprint density at radius 2 is 1.67 bits per heavy atom.